The molecule has 0 aliphatic carbocycles. The predicted molar refractivity (Wildman–Crippen MR) is 71.8 cm³/mol. The summed E-state index contributed by atoms with van der Waals surface area (Å²) in [5.41, 5.74) is 1.04. The summed E-state index contributed by atoms with van der Waals surface area (Å²) < 4.78 is 1.97. The largest absolute Gasteiger partial charge is 0.294 e. The van der Waals surface area contributed by atoms with Crippen LogP contribution in [0.15, 0.2) is 24.5 Å². The molecule has 4 nitrogen and oxygen atoms in total. The lowest BCUT2D eigenvalue weighted by molar-refractivity contribution is 0.481. The number of hydrogen-bond donors (Lipinski definition) is 0. The van der Waals surface area contributed by atoms with E-state index in [1.54, 1.807) is 12.4 Å². The molecule has 0 fully saturated rings. The summed E-state index contributed by atoms with van der Waals surface area (Å²) in [7, 11) is 0. The molecule has 2 rings (SSSR count). The molecule has 18 heavy (non-hydrogen) atoms. The predicted octanol–water partition coefficient (Wildman–Crippen LogP) is 3.23. The number of aromatic nitrogens is 4. The molecule has 0 saturated carbocycles. The van der Waals surface area contributed by atoms with Gasteiger partial charge in [0.2, 0.25) is 5.28 Å². The number of nitrogens with zero attached hydrogens (tertiary/aromatic N) is 4. The van der Waals surface area contributed by atoms with Crippen LogP contribution < -0.4 is 0 Å². The van der Waals surface area contributed by atoms with Crippen LogP contribution in [0.4, 0.5) is 0 Å². The van der Waals surface area contributed by atoms with Crippen molar-refractivity contribution in [3.8, 4) is 0 Å². The lowest BCUT2D eigenvalue weighted by Crippen LogP contribution is -2.21. The Morgan fingerprint density at radius 2 is 1.78 bits per heavy atom. The van der Waals surface area contributed by atoms with Crippen molar-refractivity contribution in [2.45, 2.75) is 39.2 Å². The second-order valence-electron chi connectivity index (χ2n) is 5.37. The fourth-order valence-corrected chi connectivity index (χ4v) is 2.18. The highest BCUT2D eigenvalue weighted by Crippen LogP contribution is 2.29. The number of halogens is 1. The van der Waals surface area contributed by atoms with E-state index in [1.165, 1.54) is 0 Å². The van der Waals surface area contributed by atoms with Crippen LogP contribution in [0.1, 0.15) is 45.1 Å². The van der Waals surface area contributed by atoms with Crippen LogP contribution in [0.5, 0.6) is 0 Å². The Hall–Kier alpha value is -1.42. The maximum Gasteiger partial charge on any atom is 0.225 e. The molecule has 0 spiro atoms. The summed E-state index contributed by atoms with van der Waals surface area (Å²) in [5, 5.41) is 8.61. The molecule has 0 N–H and O–H groups in total. The molecule has 0 saturated heterocycles. The quantitative estimate of drug-likeness (QED) is 0.836. The van der Waals surface area contributed by atoms with E-state index < -0.39 is 0 Å². The molecule has 96 valence electrons. The van der Waals surface area contributed by atoms with Gasteiger partial charge in [0.25, 0.3) is 0 Å². The normalized spacial score (nSPS) is 13.6. The van der Waals surface area contributed by atoms with Gasteiger partial charge in [0.1, 0.15) is 5.82 Å². The fraction of sp³-hybridized carbons (Fsp3) is 0.462. The topological polar surface area (TPSA) is 43.6 Å². The van der Waals surface area contributed by atoms with E-state index in [-0.39, 0.29) is 11.5 Å². The van der Waals surface area contributed by atoms with Crippen molar-refractivity contribution in [2.75, 3.05) is 0 Å². The first kappa shape index (κ1) is 13.0. The van der Waals surface area contributed by atoms with Crippen LogP contribution in [-0.4, -0.2) is 19.7 Å². The van der Waals surface area contributed by atoms with Gasteiger partial charge in [0, 0.05) is 17.8 Å². The highest BCUT2D eigenvalue weighted by atomic mass is 35.5. The Labute approximate surface area is 112 Å². The third-order valence-corrected chi connectivity index (χ3v) is 3.16. The minimum Gasteiger partial charge on any atom is -0.294 e. The van der Waals surface area contributed by atoms with Crippen molar-refractivity contribution < 1.29 is 0 Å². The highest BCUT2D eigenvalue weighted by molar-refractivity contribution is 6.28. The summed E-state index contributed by atoms with van der Waals surface area (Å²) in [4.78, 5) is 4.03. The van der Waals surface area contributed by atoms with E-state index in [4.69, 9.17) is 11.6 Å². The van der Waals surface area contributed by atoms with Gasteiger partial charge in [-0.2, -0.15) is 0 Å². The van der Waals surface area contributed by atoms with Crippen molar-refractivity contribution in [1.82, 2.24) is 19.7 Å². The summed E-state index contributed by atoms with van der Waals surface area (Å²) in [6.45, 7) is 8.38. The van der Waals surface area contributed by atoms with Gasteiger partial charge >= 0.3 is 0 Å². The first-order valence-electron chi connectivity index (χ1n) is 5.92. The van der Waals surface area contributed by atoms with E-state index in [2.05, 4.69) is 42.9 Å². The maximum atomic E-state index is 6.17. The zero-order valence-corrected chi connectivity index (χ0v) is 11.8. The second-order valence-corrected chi connectivity index (χ2v) is 5.71. The van der Waals surface area contributed by atoms with Gasteiger partial charge in [-0.1, -0.05) is 20.8 Å². The van der Waals surface area contributed by atoms with Gasteiger partial charge in [-0.25, -0.2) is 0 Å². The van der Waals surface area contributed by atoms with Crippen LogP contribution >= 0.6 is 11.6 Å². The Balaban J connectivity index is 2.48. The van der Waals surface area contributed by atoms with Crippen molar-refractivity contribution >= 4 is 11.6 Å². The third kappa shape index (κ3) is 2.38. The smallest absolute Gasteiger partial charge is 0.225 e. The Kier molecular flexibility index (Phi) is 3.39. The summed E-state index contributed by atoms with van der Waals surface area (Å²) in [6, 6.07) is 4.05. The Morgan fingerprint density at radius 3 is 2.33 bits per heavy atom. The maximum absolute atomic E-state index is 6.17. The molecule has 2 aromatic heterocycles. The van der Waals surface area contributed by atoms with Crippen LogP contribution in [0, 0.1) is 0 Å². The zero-order valence-electron chi connectivity index (χ0n) is 11.1. The molecular formula is C13H17ClN4. The van der Waals surface area contributed by atoms with E-state index in [9.17, 15) is 0 Å². The van der Waals surface area contributed by atoms with Crippen molar-refractivity contribution in [1.29, 1.82) is 0 Å². The number of hydrogen-bond acceptors (Lipinski definition) is 3. The van der Waals surface area contributed by atoms with Gasteiger partial charge in [0.15, 0.2) is 0 Å². The van der Waals surface area contributed by atoms with Gasteiger partial charge in [-0.15, -0.1) is 10.2 Å². The molecule has 2 aromatic rings. The summed E-state index contributed by atoms with van der Waals surface area (Å²) >= 11 is 6.17. The van der Waals surface area contributed by atoms with E-state index in [0.29, 0.717) is 5.28 Å². The monoisotopic (exact) mass is 264 g/mol. The first-order chi connectivity index (χ1) is 8.41. The summed E-state index contributed by atoms with van der Waals surface area (Å²) in [5.74, 6) is 0.886. The lowest BCUT2D eigenvalue weighted by Gasteiger charge is -2.23. The van der Waals surface area contributed by atoms with Gasteiger partial charge in [0.05, 0.1) is 6.04 Å². The van der Waals surface area contributed by atoms with Gasteiger partial charge in [-0.05, 0) is 36.2 Å². The van der Waals surface area contributed by atoms with Crippen LogP contribution in [0.2, 0.25) is 5.28 Å². The summed E-state index contributed by atoms with van der Waals surface area (Å²) in [6.07, 6.45) is 3.56. The Bertz CT molecular complexity index is 528. The molecule has 0 aliphatic heterocycles. The molecule has 1 atom stereocenters. The van der Waals surface area contributed by atoms with Crippen molar-refractivity contribution in [3.05, 3.63) is 41.2 Å². The Morgan fingerprint density at radius 1 is 1.17 bits per heavy atom. The molecule has 0 amide bonds. The third-order valence-electron chi connectivity index (χ3n) is 2.90. The molecule has 5 heteroatoms. The minimum atomic E-state index is -0.0958. The van der Waals surface area contributed by atoms with Crippen molar-refractivity contribution in [2.24, 2.45) is 0 Å². The van der Waals surface area contributed by atoms with Gasteiger partial charge in [-0.3, -0.25) is 9.55 Å². The first-order valence-corrected chi connectivity index (χ1v) is 6.30. The SMILES string of the molecule is CC(c1ccncc1)n1c(Cl)nnc1C(C)(C)C. The second kappa shape index (κ2) is 4.69. The highest BCUT2D eigenvalue weighted by Gasteiger charge is 2.26. The zero-order chi connectivity index (χ0) is 13.3. The van der Waals surface area contributed by atoms with Crippen LogP contribution in [-0.2, 0) is 5.41 Å². The van der Waals surface area contributed by atoms with Crippen LogP contribution in [0.25, 0.3) is 0 Å². The molecule has 2 heterocycles. The van der Waals surface area contributed by atoms with Crippen molar-refractivity contribution in [3.63, 3.8) is 0 Å². The van der Waals surface area contributed by atoms with E-state index >= 15 is 0 Å². The molecule has 0 radical (unpaired) electrons. The fourth-order valence-electron chi connectivity index (χ4n) is 1.92. The molecule has 0 bridgehead atoms. The van der Waals surface area contributed by atoms with E-state index in [1.807, 2.05) is 16.7 Å². The molecule has 0 aromatic carbocycles. The lowest BCUT2D eigenvalue weighted by atomic mass is 9.95. The molecule has 1 unspecified atom stereocenters. The van der Waals surface area contributed by atoms with Gasteiger partial charge < -0.3 is 0 Å². The standard InChI is InChI=1S/C13H17ClN4/c1-9(10-5-7-15-8-6-10)18-11(13(2,3)4)16-17-12(18)14/h5-9H,1-4H3. The van der Waals surface area contributed by atoms with E-state index in [0.717, 1.165) is 11.4 Å². The van der Waals surface area contributed by atoms with Crippen LogP contribution in [0.3, 0.4) is 0 Å². The number of pyridine rings is 1. The number of rotatable bonds is 2. The molecule has 0 aliphatic rings. The average molecular weight is 265 g/mol. The molecular weight excluding hydrogens is 248 g/mol. The average Bonchev–Trinajstić information content (AvgIpc) is 2.71. The minimum absolute atomic E-state index is 0.0877.